The topological polar surface area (TPSA) is 49.3 Å². The summed E-state index contributed by atoms with van der Waals surface area (Å²) < 4.78 is 0. The van der Waals surface area contributed by atoms with Gasteiger partial charge in [-0.2, -0.15) is 0 Å². The minimum absolute atomic E-state index is 0.0515. The van der Waals surface area contributed by atoms with Gasteiger partial charge >= 0.3 is 0 Å². The Morgan fingerprint density at radius 2 is 2.06 bits per heavy atom. The molecule has 0 saturated carbocycles. The minimum atomic E-state index is -0.991. The van der Waals surface area contributed by atoms with E-state index in [0.29, 0.717) is 0 Å². The second kappa shape index (κ2) is 4.55. The zero-order valence-electron chi connectivity index (χ0n) is 10.2. The maximum atomic E-state index is 11.7. The van der Waals surface area contributed by atoms with Crippen LogP contribution >= 0.6 is 11.3 Å². The number of rotatable bonds is 3. The molecule has 1 heterocycles. The van der Waals surface area contributed by atoms with E-state index in [1.165, 1.54) is 11.3 Å². The second-order valence-corrected chi connectivity index (χ2v) is 6.13. The predicted octanol–water partition coefficient (Wildman–Crippen LogP) is 2.12. The summed E-state index contributed by atoms with van der Waals surface area (Å²) in [5.41, 5.74) is -1.42. The van der Waals surface area contributed by atoms with E-state index >= 15 is 0 Å². The molecule has 90 valence electrons. The smallest absolute Gasteiger partial charge is 0.225 e. The van der Waals surface area contributed by atoms with Crippen LogP contribution < -0.4 is 5.32 Å². The lowest BCUT2D eigenvalue weighted by Crippen LogP contribution is -2.42. The van der Waals surface area contributed by atoms with Crippen LogP contribution in [0, 0.1) is 5.41 Å². The largest absolute Gasteiger partial charge is 0.383 e. The van der Waals surface area contributed by atoms with Crippen molar-refractivity contribution < 1.29 is 9.90 Å². The molecule has 0 saturated heterocycles. The van der Waals surface area contributed by atoms with Crippen LogP contribution in [0.15, 0.2) is 17.5 Å². The van der Waals surface area contributed by atoms with Gasteiger partial charge in [-0.3, -0.25) is 4.79 Å². The molecule has 1 aromatic rings. The first-order chi connectivity index (χ1) is 7.23. The average molecular weight is 241 g/mol. The first-order valence-corrected chi connectivity index (χ1v) is 6.16. The molecule has 3 nitrogen and oxygen atoms in total. The first kappa shape index (κ1) is 13.2. The number of carbonyl (C=O) groups is 1. The Labute approximate surface area is 100 Å². The fourth-order valence-corrected chi connectivity index (χ4v) is 1.98. The van der Waals surface area contributed by atoms with Crippen LogP contribution in [0.5, 0.6) is 0 Å². The molecule has 1 atom stereocenters. The predicted molar refractivity (Wildman–Crippen MR) is 66.4 cm³/mol. The lowest BCUT2D eigenvalue weighted by Gasteiger charge is -2.25. The van der Waals surface area contributed by atoms with E-state index in [4.69, 9.17) is 0 Å². The maximum Gasteiger partial charge on any atom is 0.225 e. The normalized spacial score (nSPS) is 15.6. The molecule has 1 rings (SSSR count). The molecular formula is C12H19NO2S. The number of hydrogen-bond acceptors (Lipinski definition) is 3. The summed E-state index contributed by atoms with van der Waals surface area (Å²) in [5, 5.41) is 14.9. The number of nitrogens with one attached hydrogen (secondary N) is 1. The van der Waals surface area contributed by atoms with Crippen molar-refractivity contribution in [3.8, 4) is 0 Å². The van der Waals surface area contributed by atoms with Gasteiger partial charge in [-0.15, -0.1) is 11.3 Å². The Morgan fingerprint density at radius 1 is 1.44 bits per heavy atom. The minimum Gasteiger partial charge on any atom is -0.383 e. The molecule has 4 heteroatoms. The summed E-state index contributed by atoms with van der Waals surface area (Å²) in [6, 6.07) is 3.76. The summed E-state index contributed by atoms with van der Waals surface area (Å²) in [4.78, 5) is 12.5. The van der Waals surface area contributed by atoms with Crippen LogP contribution in [0.2, 0.25) is 0 Å². The van der Waals surface area contributed by atoms with Crippen molar-refractivity contribution in [2.45, 2.75) is 33.3 Å². The Bertz CT molecular complexity index is 350. The Morgan fingerprint density at radius 3 is 2.50 bits per heavy atom. The number of amides is 1. The van der Waals surface area contributed by atoms with E-state index < -0.39 is 11.0 Å². The van der Waals surface area contributed by atoms with Gasteiger partial charge in [0.2, 0.25) is 5.91 Å². The molecule has 0 aliphatic heterocycles. The highest BCUT2D eigenvalue weighted by molar-refractivity contribution is 7.10. The van der Waals surface area contributed by atoms with E-state index in [1.54, 1.807) is 6.92 Å². The molecular weight excluding hydrogens is 222 g/mol. The molecule has 0 fully saturated rings. The van der Waals surface area contributed by atoms with Crippen molar-refractivity contribution in [3.63, 3.8) is 0 Å². The molecule has 0 spiro atoms. The standard InChI is InChI=1S/C12H19NO2S/c1-11(2,3)10(14)13-8-12(4,15)9-6-5-7-16-9/h5-7,15H,8H2,1-4H3,(H,13,14)/t12-/m1/s1. The zero-order valence-corrected chi connectivity index (χ0v) is 11.0. The fourth-order valence-electron chi connectivity index (χ4n) is 1.19. The summed E-state index contributed by atoms with van der Waals surface area (Å²) in [5.74, 6) is -0.0515. The maximum absolute atomic E-state index is 11.7. The van der Waals surface area contributed by atoms with Crippen LogP contribution in [0.1, 0.15) is 32.6 Å². The third-order valence-electron chi connectivity index (χ3n) is 2.33. The lowest BCUT2D eigenvalue weighted by molar-refractivity contribution is -0.129. The van der Waals surface area contributed by atoms with Gasteiger partial charge in [0.15, 0.2) is 0 Å². The molecule has 0 unspecified atom stereocenters. The number of carbonyl (C=O) groups excluding carboxylic acids is 1. The van der Waals surface area contributed by atoms with Gasteiger partial charge in [-0.1, -0.05) is 26.8 Å². The Hall–Kier alpha value is -0.870. The third kappa shape index (κ3) is 3.32. The van der Waals surface area contributed by atoms with E-state index in [1.807, 2.05) is 38.3 Å². The van der Waals surface area contributed by atoms with Gasteiger partial charge in [0.25, 0.3) is 0 Å². The van der Waals surface area contributed by atoms with E-state index in [0.717, 1.165) is 4.88 Å². The first-order valence-electron chi connectivity index (χ1n) is 5.28. The van der Waals surface area contributed by atoms with Crippen molar-refractivity contribution in [2.75, 3.05) is 6.54 Å². The van der Waals surface area contributed by atoms with E-state index in [-0.39, 0.29) is 12.5 Å². The highest BCUT2D eigenvalue weighted by Crippen LogP contribution is 2.24. The van der Waals surface area contributed by atoms with E-state index in [2.05, 4.69) is 5.32 Å². The van der Waals surface area contributed by atoms with Gasteiger partial charge in [-0.05, 0) is 18.4 Å². The number of thiophene rings is 1. The van der Waals surface area contributed by atoms with Crippen LogP contribution in [0.4, 0.5) is 0 Å². The van der Waals surface area contributed by atoms with Gasteiger partial charge < -0.3 is 10.4 Å². The zero-order chi connectivity index (χ0) is 12.4. The highest BCUT2D eigenvalue weighted by atomic mass is 32.1. The van der Waals surface area contributed by atoms with Crippen molar-refractivity contribution in [1.29, 1.82) is 0 Å². The van der Waals surface area contributed by atoms with Gasteiger partial charge in [0.1, 0.15) is 5.60 Å². The van der Waals surface area contributed by atoms with Crippen LogP contribution in [-0.2, 0) is 10.4 Å². The fraction of sp³-hybridized carbons (Fsp3) is 0.583. The van der Waals surface area contributed by atoms with E-state index in [9.17, 15) is 9.90 Å². The molecule has 0 radical (unpaired) electrons. The molecule has 0 bridgehead atoms. The van der Waals surface area contributed by atoms with Crippen LogP contribution in [-0.4, -0.2) is 17.6 Å². The molecule has 16 heavy (non-hydrogen) atoms. The van der Waals surface area contributed by atoms with Crippen LogP contribution in [0.25, 0.3) is 0 Å². The quantitative estimate of drug-likeness (QED) is 0.851. The van der Waals surface area contributed by atoms with Gasteiger partial charge in [0.05, 0.1) is 6.54 Å². The van der Waals surface area contributed by atoms with Crippen LogP contribution in [0.3, 0.4) is 0 Å². The van der Waals surface area contributed by atoms with Gasteiger partial charge in [0, 0.05) is 10.3 Å². The number of hydrogen-bond donors (Lipinski definition) is 2. The molecule has 0 aliphatic carbocycles. The summed E-state index contributed by atoms with van der Waals surface area (Å²) in [7, 11) is 0. The molecule has 1 amide bonds. The highest BCUT2D eigenvalue weighted by Gasteiger charge is 2.28. The lowest BCUT2D eigenvalue weighted by atomic mass is 9.95. The molecule has 0 aromatic carbocycles. The Balaban J connectivity index is 2.59. The molecule has 0 aliphatic rings. The second-order valence-electron chi connectivity index (χ2n) is 5.18. The summed E-state index contributed by atoms with van der Waals surface area (Å²) in [6.07, 6.45) is 0. The summed E-state index contributed by atoms with van der Waals surface area (Å²) in [6.45, 7) is 7.50. The summed E-state index contributed by atoms with van der Waals surface area (Å²) >= 11 is 1.49. The van der Waals surface area contributed by atoms with Gasteiger partial charge in [-0.25, -0.2) is 0 Å². The van der Waals surface area contributed by atoms with Crippen molar-refractivity contribution >= 4 is 17.2 Å². The SMILES string of the molecule is CC(C)(C)C(=O)NC[C@@](C)(O)c1cccs1. The van der Waals surface area contributed by atoms with Crippen molar-refractivity contribution in [3.05, 3.63) is 22.4 Å². The Kier molecular flexibility index (Phi) is 3.76. The third-order valence-corrected chi connectivity index (χ3v) is 3.45. The van der Waals surface area contributed by atoms with Crippen molar-refractivity contribution in [1.82, 2.24) is 5.32 Å². The molecule has 2 N–H and O–H groups in total. The number of aliphatic hydroxyl groups is 1. The molecule has 1 aromatic heterocycles. The monoisotopic (exact) mass is 241 g/mol. The average Bonchev–Trinajstić information content (AvgIpc) is 2.65. The van der Waals surface area contributed by atoms with Crippen molar-refractivity contribution in [2.24, 2.45) is 5.41 Å².